The second-order valence-corrected chi connectivity index (χ2v) is 9.01. The molecule has 0 amide bonds. The zero-order chi connectivity index (χ0) is 18.1. The van der Waals surface area contributed by atoms with Gasteiger partial charge in [-0.15, -0.1) is 11.3 Å². The number of thiophene rings is 1. The van der Waals surface area contributed by atoms with E-state index in [2.05, 4.69) is 39.5 Å². The summed E-state index contributed by atoms with van der Waals surface area (Å²) in [5.41, 5.74) is 1.55. The van der Waals surface area contributed by atoms with E-state index in [9.17, 15) is 0 Å². The Morgan fingerprint density at radius 3 is 2.54 bits per heavy atom. The number of piperidine rings is 2. The fourth-order valence-electron chi connectivity index (χ4n) is 4.57. The van der Waals surface area contributed by atoms with Crippen LogP contribution in [0, 0.1) is 13.8 Å². The first kappa shape index (κ1) is 18.1. The number of anilines is 1. The molecule has 4 rings (SSSR count). The lowest BCUT2D eigenvalue weighted by atomic mass is 9.84. The van der Waals surface area contributed by atoms with Crippen LogP contribution < -0.4 is 5.32 Å². The van der Waals surface area contributed by atoms with Crippen molar-refractivity contribution in [2.75, 3.05) is 45.1 Å². The lowest BCUT2D eigenvalue weighted by Crippen LogP contribution is -2.59. The molecule has 26 heavy (non-hydrogen) atoms. The molecule has 5 nitrogen and oxygen atoms in total. The van der Waals surface area contributed by atoms with E-state index >= 15 is 0 Å². The van der Waals surface area contributed by atoms with Crippen molar-refractivity contribution in [2.24, 2.45) is 0 Å². The number of hydrogen-bond donors (Lipinski definition) is 1. The van der Waals surface area contributed by atoms with Gasteiger partial charge in [-0.25, -0.2) is 9.97 Å². The number of aromatic nitrogens is 2. The van der Waals surface area contributed by atoms with Crippen molar-refractivity contribution in [3.8, 4) is 0 Å². The minimum absolute atomic E-state index is 0.266. The third kappa shape index (κ3) is 3.47. The van der Waals surface area contributed by atoms with Gasteiger partial charge in [-0.2, -0.15) is 0 Å². The van der Waals surface area contributed by atoms with Crippen molar-refractivity contribution in [3.63, 3.8) is 0 Å². The summed E-state index contributed by atoms with van der Waals surface area (Å²) in [5.74, 6) is 1.89. The SMILES string of the molecule is Cc1nc(NCC2(N3CCCCC3)CCN(C)CC2)c2c(C)csc2n1. The van der Waals surface area contributed by atoms with Crippen LogP contribution in [0.25, 0.3) is 10.2 Å². The molecule has 1 N–H and O–H groups in total. The first-order valence-corrected chi connectivity index (χ1v) is 10.9. The second-order valence-electron chi connectivity index (χ2n) is 8.15. The molecule has 4 heterocycles. The molecule has 2 fully saturated rings. The van der Waals surface area contributed by atoms with Gasteiger partial charge in [0.25, 0.3) is 0 Å². The summed E-state index contributed by atoms with van der Waals surface area (Å²) >= 11 is 1.72. The summed E-state index contributed by atoms with van der Waals surface area (Å²) < 4.78 is 0. The van der Waals surface area contributed by atoms with Gasteiger partial charge in [0.15, 0.2) is 0 Å². The average molecular weight is 374 g/mol. The van der Waals surface area contributed by atoms with Crippen LogP contribution in [0.15, 0.2) is 5.38 Å². The van der Waals surface area contributed by atoms with E-state index < -0.39 is 0 Å². The first-order chi connectivity index (χ1) is 12.6. The summed E-state index contributed by atoms with van der Waals surface area (Å²) in [6.07, 6.45) is 6.56. The maximum Gasteiger partial charge on any atom is 0.138 e. The van der Waals surface area contributed by atoms with Crippen LogP contribution in [0.5, 0.6) is 0 Å². The second kappa shape index (κ2) is 7.41. The minimum atomic E-state index is 0.266. The van der Waals surface area contributed by atoms with Crippen LogP contribution >= 0.6 is 11.3 Å². The zero-order valence-electron chi connectivity index (χ0n) is 16.3. The predicted molar refractivity (Wildman–Crippen MR) is 110 cm³/mol. The van der Waals surface area contributed by atoms with Gasteiger partial charge in [0.2, 0.25) is 0 Å². The van der Waals surface area contributed by atoms with E-state index in [-0.39, 0.29) is 5.54 Å². The standard InChI is InChI=1S/C20H31N5S/c1-15-13-26-19-17(15)18(22-16(2)23-19)21-14-20(7-11-24(3)12-8-20)25-9-5-4-6-10-25/h13H,4-12,14H2,1-3H3,(H,21,22,23). The Hall–Kier alpha value is -1.24. The average Bonchev–Trinajstić information content (AvgIpc) is 3.03. The number of aryl methyl sites for hydroxylation is 2. The summed E-state index contributed by atoms with van der Waals surface area (Å²) in [4.78, 5) is 15.7. The third-order valence-electron chi connectivity index (χ3n) is 6.26. The highest BCUT2D eigenvalue weighted by Gasteiger charge is 2.39. The highest BCUT2D eigenvalue weighted by Crippen LogP contribution is 2.34. The number of rotatable bonds is 4. The van der Waals surface area contributed by atoms with Crippen LogP contribution in [0.2, 0.25) is 0 Å². The monoisotopic (exact) mass is 373 g/mol. The Labute approximate surface area is 160 Å². The van der Waals surface area contributed by atoms with Gasteiger partial charge in [0.05, 0.1) is 5.39 Å². The molecule has 0 unspecified atom stereocenters. The number of nitrogens with zero attached hydrogens (tertiary/aromatic N) is 4. The molecule has 0 spiro atoms. The van der Waals surface area contributed by atoms with Crippen LogP contribution in [-0.4, -0.2) is 65.1 Å². The Kier molecular flexibility index (Phi) is 5.17. The van der Waals surface area contributed by atoms with Gasteiger partial charge < -0.3 is 10.2 Å². The van der Waals surface area contributed by atoms with E-state index in [1.807, 2.05) is 6.92 Å². The van der Waals surface area contributed by atoms with Crippen molar-refractivity contribution in [3.05, 3.63) is 16.8 Å². The van der Waals surface area contributed by atoms with E-state index in [1.54, 1.807) is 11.3 Å². The van der Waals surface area contributed by atoms with E-state index in [1.165, 1.54) is 69.2 Å². The number of nitrogens with one attached hydrogen (secondary N) is 1. The minimum Gasteiger partial charge on any atom is -0.368 e. The van der Waals surface area contributed by atoms with E-state index in [0.29, 0.717) is 0 Å². The Bertz CT molecular complexity index is 757. The molecular formula is C20H31N5S. The van der Waals surface area contributed by atoms with Crippen molar-refractivity contribution < 1.29 is 0 Å². The molecule has 0 bridgehead atoms. The van der Waals surface area contributed by atoms with Crippen molar-refractivity contribution in [2.45, 2.75) is 51.5 Å². The largest absolute Gasteiger partial charge is 0.368 e. The summed E-state index contributed by atoms with van der Waals surface area (Å²) in [5, 5.41) is 7.18. The topological polar surface area (TPSA) is 44.3 Å². The summed E-state index contributed by atoms with van der Waals surface area (Å²) in [6, 6.07) is 0. The van der Waals surface area contributed by atoms with Gasteiger partial charge in [0.1, 0.15) is 16.5 Å². The molecule has 2 saturated heterocycles. The van der Waals surface area contributed by atoms with Crippen molar-refractivity contribution in [1.82, 2.24) is 19.8 Å². The Morgan fingerprint density at radius 1 is 1.08 bits per heavy atom. The molecule has 0 aliphatic carbocycles. The summed E-state index contributed by atoms with van der Waals surface area (Å²) in [6.45, 7) is 10.0. The van der Waals surface area contributed by atoms with Crippen LogP contribution in [0.3, 0.4) is 0 Å². The van der Waals surface area contributed by atoms with Gasteiger partial charge in [-0.3, -0.25) is 4.90 Å². The normalized spacial score (nSPS) is 22.0. The molecule has 0 atom stereocenters. The lowest BCUT2D eigenvalue weighted by molar-refractivity contribution is 0.0234. The molecular weight excluding hydrogens is 342 g/mol. The Morgan fingerprint density at radius 2 is 1.81 bits per heavy atom. The van der Waals surface area contributed by atoms with Gasteiger partial charge >= 0.3 is 0 Å². The van der Waals surface area contributed by atoms with Crippen molar-refractivity contribution in [1.29, 1.82) is 0 Å². The fraction of sp³-hybridized carbons (Fsp3) is 0.700. The fourth-order valence-corrected chi connectivity index (χ4v) is 5.54. The van der Waals surface area contributed by atoms with Gasteiger partial charge in [0, 0.05) is 12.1 Å². The number of fused-ring (bicyclic) bond motifs is 1. The highest BCUT2D eigenvalue weighted by atomic mass is 32.1. The molecule has 2 aliphatic rings. The molecule has 0 radical (unpaired) electrons. The number of likely N-dealkylation sites (tertiary alicyclic amines) is 2. The molecule has 142 valence electrons. The quantitative estimate of drug-likeness (QED) is 0.886. The Balaban J connectivity index is 1.60. The van der Waals surface area contributed by atoms with Crippen LogP contribution in [0.1, 0.15) is 43.5 Å². The van der Waals surface area contributed by atoms with Crippen LogP contribution in [-0.2, 0) is 0 Å². The maximum atomic E-state index is 4.77. The highest BCUT2D eigenvalue weighted by molar-refractivity contribution is 7.17. The molecule has 2 aliphatic heterocycles. The molecule has 0 saturated carbocycles. The van der Waals surface area contributed by atoms with Crippen molar-refractivity contribution >= 4 is 27.4 Å². The van der Waals surface area contributed by atoms with Gasteiger partial charge in [-0.1, -0.05) is 6.42 Å². The molecule has 6 heteroatoms. The predicted octanol–water partition coefficient (Wildman–Crippen LogP) is 3.67. The van der Waals surface area contributed by atoms with E-state index in [4.69, 9.17) is 4.98 Å². The lowest BCUT2D eigenvalue weighted by Gasteiger charge is -2.50. The first-order valence-electron chi connectivity index (χ1n) is 9.97. The summed E-state index contributed by atoms with van der Waals surface area (Å²) in [7, 11) is 2.25. The van der Waals surface area contributed by atoms with E-state index in [0.717, 1.165) is 23.0 Å². The smallest absolute Gasteiger partial charge is 0.138 e. The molecule has 0 aromatic carbocycles. The van der Waals surface area contributed by atoms with Gasteiger partial charge in [-0.05, 0) is 83.7 Å². The molecule has 2 aromatic rings. The molecule has 2 aromatic heterocycles. The van der Waals surface area contributed by atoms with Crippen LogP contribution in [0.4, 0.5) is 5.82 Å². The number of hydrogen-bond acceptors (Lipinski definition) is 6. The maximum absolute atomic E-state index is 4.77. The third-order valence-corrected chi connectivity index (χ3v) is 7.25. The zero-order valence-corrected chi connectivity index (χ0v) is 17.2.